The highest BCUT2D eigenvalue weighted by molar-refractivity contribution is 5.80. The van der Waals surface area contributed by atoms with Crippen molar-refractivity contribution in [2.75, 3.05) is 43.1 Å². The molecule has 1 N–H and O–H groups in total. The molecule has 5 nitrogen and oxygen atoms in total. The first kappa shape index (κ1) is 13.1. The van der Waals surface area contributed by atoms with Gasteiger partial charge in [-0.3, -0.25) is 0 Å². The molecule has 0 aliphatic carbocycles. The first-order valence-electron chi connectivity index (χ1n) is 7.22. The third-order valence-electron chi connectivity index (χ3n) is 3.41. The van der Waals surface area contributed by atoms with Gasteiger partial charge < -0.3 is 15.0 Å². The summed E-state index contributed by atoms with van der Waals surface area (Å²) in [6.07, 6.45) is 1.07. The highest BCUT2D eigenvalue weighted by Gasteiger charge is 2.18. The van der Waals surface area contributed by atoms with Gasteiger partial charge in [-0.05, 0) is 18.6 Å². The van der Waals surface area contributed by atoms with Crippen LogP contribution in [0.5, 0.6) is 0 Å². The van der Waals surface area contributed by atoms with Crippen LogP contribution in [-0.2, 0) is 4.74 Å². The van der Waals surface area contributed by atoms with Crippen LogP contribution in [-0.4, -0.2) is 42.8 Å². The van der Waals surface area contributed by atoms with E-state index >= 15 is 0 Å². The van der Waals surface area contributed by atoms with Gasteiger partial charge >= 0.3 is 0 Å². The third kappa shape index (κ3) is 2.67. The van der Waals surface area contributed by atoms with Gasteiger partial charge in [-0.1, -0.05) is 19.1 Å². The van der Waals surface area contributed by atoms with Gasteiger partial charge in [-0.25, -0.2) is 9.97 Å². The number of hydrogen-bond acceptors (Lipinski definition) is 5. The van der Waals surface area contributed by atoms with Gasteiger partial charge in [0.2, 0.25) is 0 Å². The van der Waals surface area contributed by atoms with Crippen molar-refractivity contribution in [3.63, 3.8) is 0 Å². The number of hydrogen-bond donors (Lipinski definition) is 1. The van der Waals surface area contributed by atoms with Crippen LogP contribution in [0.25, 0.3) is 11.0 Å². The van der Waals surface area contributed by atoms with E-state index in [2.05, 4.69) is 17.1 Å². The lowest BCUT2D eigenvalue weighted by atomic mass is 10.3. The molecule has 1 aromatic heterocycles. The largest absolute Gasteiger partial charge is 0.378 e. The molecule has 3 rings (SSSR count). The number of fused-ring (bicyclic) bond motifs is 1. The van der Waals surface area contributed by atoms with E-state index < -0.39 is 0 Å². The lowest BCUT2D eigenvalue weighted by molar-refractivity contribution is 0.122. The van der Waals surface area contributed by atoms with E-state index in [0.717, 1.165) is 61.9 Å². The lowest BCUT2D eigenvalue weighted by Gasteiger charge is -2.29. The van der Waals surface area contributed by atoms with Gasteiger partial charge in [0.15, 0.2) is 11.6 Å². The molecule has 2 aromatic rings. The standard InChI is InChI=1S/C15H20N4O/c1-2-7-16-14-15(19-8-10-20-11-9-19)18-13-6-4-3-5-12(13)17-14/h3-6H,2,7-11H2,1H3,(H,16,17). The Morgan fingerprint density at radius 2 is 1.85 bits per heavy atom. The minimum atomic E-state index is 0.752. The van der Waals surface area contributed by atoms with Crippen LogP contribution in [0.3, 0.4) is 0 Å². The number of rotatable bonds is 4. The second kappa shape index (κ2) is 6.05. The first-order valence-corrected chi connectivity index (χ1v) is 7.22. The second-order valence-electron chi connectivity index (χ2n) is 4.91. The molecule has 0 atom stereocenters. The van der Waals surface area contributed by atoms with Crippen molar-refractivity contribution in [1.29, 1.82) is 0 Å². The van der Waals surface area contributed by atoms with Gasteiger partial charge in [-0.15, -0.1) is 0 Å². The highest BCUT2D eigenvalue weighted by Crippen LogP contribution is 2.25. The molecular weight excluding hydrogens is 252 g/mol. The topological polar surface area (TPSA) is 50.3 Å². The van der Waals surface area contributed by atoms with Crippen LogP contribution < -0.4 is 10.2 Å². The van der Waals surface area contributed by atoms with Crippen molar-refractivity contribution in [1.82, 2.24) is 9.97 Å². The predicted octanol–water partition coefficient (Wildman–Crippen LogP) is 2.29. The SMILES string of the molecule is CCCNc1nc2ccccc2nc1N1CCOCC1. The van der Waals surface area contributed by atoms with Gasteiger partial charge in [0.05, 0.1) is 24.2 Å². The summed E-state index contributed by atoms with van der Waals surface area (Å²) in [4.78, 5) is 11.8. The molecular formula is C15H20N4O. The molecule has 0 radical (unpaired) electrons. The zero-order valence-electron chi connectivity index (χ0n) is 11.8. The average Bonchev–Trinajstić information content (AvgIpc) is 2.53. The fourth-order valence-electron chi connectivity index (χ4n) is 2.35. The lowest BCUT2D eigenvalue weighted by Crippen LogP contribution is -2.37. The summed E-state index contributed by atoms with van der Waals surface area (Å²) in [7, 11) is 0. The smallest absolute Gasteiger partial charge is 0.172 e. The third-order valence-corrected chi connectivity index (χ3v) is 3.41. The summed E-state index contributed by atoms with van der Waals surface area (Å²) in [5, 5.41) is 3.40. The maximum atomic E-state index is 5.42. The van der Waals surface area contributed by atoms with E-state index in [0.29, 0.717) is 0 Å². The molecule has 0 saturated carbocycles. The molecule has 1 saturated heterocycles. The fraction of sp³-hybridized carbons (Fsp3) is 0.467. The number of benzene rings is 1. The van der Waals surface area contributed by atoms with E-state index in [1.54, 1.807) is 0 Å². The van der Waals surface area contributed by atoms with Crippen LogP contribution in [0, 0.1) is 0 Å². The maximum absolute atomic E-state index is 5.42. The molecule has 5 heteroatoms. The number of para-hydroxylation sites is 2. The number of nitrogens with zero attached hydrogens (tertiary/aromatic N) is 3. The predicted molar refractivity (Wildman–Crippen MR) is 81.4 cm³/mol. The van der Waals surface area contributed by atoms with Crippen molar-refractivity contribution < 1.29 is 4.74 Å². The Labute approximate surface area is 119 Å². The Morgan fingerprint density at radius 1 is 1.15 bits per heavy atom. The highest BCUT2D eigenvalue weighted by atomic mass is 16.5. The Hall–Kier alpha value is -1.88. The summed E-state index contributed by atoms with van der Waals surface area (Å²) in [5.74, 6) is 1.83. The van der Waals surface area contributed by atoms with Crippen molar-refractivity contribution >= 4 is 22.7 Å². The Morgan fingerprint density at radius 3 is 2.55 bits per heavy atom. The molecule has 0 bridgehead atoms. The van der Waals surface area contributed by atoms with Gasteiger partial charge in [-0.2, -0.15) is 0 Å². The van der Waals surface area contributed by atoms with Gasteiger partial charge in [0.1, 0.15) is 0 Å². The van der Waals surface area contributed by atoms with Crippen molar-refractivity contribution in [2.24, 2.45) is 0 Å². The molecule has 1 aromatic carbocycles. The zero-order chi connectivity index (χ0) is 13.8. The van der Waals surface area contributed by atoms with Crippen LogP contribution >= 0.6 is 0 Å². The Kier molecular flexibility index (Phi) is 3.97. The number of morpholine rings is 1. The van der Waals surface area contributed by atoms with E-state index in [9.17, 15) is 0 Å². The van der Waals surface area contributed by atoms with Crippen LogP contribution in [0.15, 0.2) is 24.3 Å². The minimum absolute atomic E-state index is 0.752. The molecule has 20 heavy (non-hydrogen) atoms. The quantitative estimate of drug-likeness (QED) is 0.925. The first-order chi connectivity index (χ1) is 9.88. The van der Waals surface area contributed by atoms with E-state index in [-0.39, 0.29) is 0 Å². The van der Waals surface area contributed by atoms with Crippen LogP contribution in [0.4, 0.5) is 11.6 Å². The molecule has 0 unspecified atom stereocenters. The number of aromatic nitrogens is 2. The molecule has 2 heterocycles. The average molecular weight is 272 g/mol. The maximum Gasteiger partial charge on any atom is 0.172 e. The van der Waals surface area contributed by atoms with Gasteiger partial charge in [0, 0.05) is 19.6 Å². The summed E-state index contributed by atoms with van der Waals surface area (Å²) in [6.45, 7) is 6.30. The summed E-state index contributed by atoms with van der Waals surface area (Å²) < 4.78 is 5.42. The van der Waals surface area contributed by atoms with E-state index in [1.807, 2.05) is 24.3 Å². The van der Waals surface area contributed by atoms with Gasteiger partial charge in [0.25, 0.3) is 0 Å². The zero-order valence-corrected chi connectivity index (χ0v) is 11.8. The molecule has 1 aliphatic rings. The molecule has 0 spiro atoms. The van der Waals surface area contributed by atoms with Crippen LogP contribution in [0.2, 0.25) is 0 Å². The molecule has 106 valence electrons. The summed E-state index contributed by atoms with van der Waals surface area (Å²) in [6, 6.07) is 8.01. The van der Waals surface area contributed by atoms with E-state index in [4.69, 9.17) is 14.7 Å². The molecule has 1 fully saturated rings. The van der Waals surface area contributed by atoms with Crippen molar-refractivity contribution in [3.05, 3.63) is 24.3 Å². The Bertz CT molecular complexity index is 581. The number of anilines is 2. The second-order valence-corrected chi connectivity index (χ2v) is 4.91. The Balaban J connectivity index is 2.01. The minimum Gasteiger partial charge on any atom is -0.378 e. The van der Waals surface area contributed by atoms with Crippen molar-refractivity contribution in [2.45, 2.75) is 13.3 Å². The van der Waals surface area contributed by atoms with E-state index in [1.165, 1.54) is 0 Å². The summed E-state index contributed by atoms with van der Waals surface area (Å²) in [5.41, 5.74) is 1.87. The summed E-state index contributed by atoms with van der Waals surface area (Å²) >= 11 is 0. The molecule has 1 aliphatic heterocycles. The van der Waals surface area contributed by atoms with Crippen molar-refractivity contribution in [3.8, 4) is 0 Å². The number of nitrogens with one attached hydrogen (secondary N) is 1. The monoisotopic (exact) mass is 272 g/mol. The fourth-order valence-corrected chi connectivity index (χ4v) is 2.35. The molecule has 0 amide bonds. The van der Waals surface area contributed by atoms with Crippen LogP contribution in [0.1, 0.15) is 13.3 Å². The number of ether oxygens (including phenoxy) is 1. The normalized spacial score (nSPS) is 15.6.